The van der Waals surface area contributed by atoms with Gasteiger partial charge in [-0.1, -0.05) is 17.7 Å². The molecular weight excluding hydrogens is 248 g/mol. The first-order chi connectivity index (χ1) is 8.42. The normalized spacial score (nSPS) is 20.2. The molecule has 1 aromatic rings. The summed E-state index contributed by atoms with van der Waals surface area (Å²) in [6, 6.07) is 4.17. The number of fused-ring (bicyclic) bond motifs is 1. The predicted octanol–water partition coefficient (Wildman–Crippen LogP) is 2.23. The highest BCUT2D eigenvalue weighted by Crippen LogP contribution is 2.40. The lowest BCUT2D eigenvalue weighted by atomic mass is 9.99. The highest BCUT2D eigenvalue weighted by atomic mass is 35.5. The Balaban J connectivity index is 2.46. The molecule has 0 amide bonds. The van der Waals surface area contributed by atoms with E-state index in [9.17, 15) is 5.11 Å². The van der Waals surface area contributed by atoms with Crippen LogP contribution in [0, 0.1) is 6.92 Å². The van der Waals surface area contributed by atoms with Crippen LogP contribution in [-0.2, 0) is 6.54 Å². The molecule has 1 aromatic carbocycles. The number of nitrogens with two attached hydrogens (primary N) is 1. The van der Waals surface area contributed by atoms with Gasteiger partial charge in [0.15, 0.2) is 0 Å². The Bertz CT molecular complexity index is 459. The number of aliphatic hydroxyl groups excluding tert-OH is 1. The van der Waals surface area contributed by atoms with Crippen molar-refractivity contribution in [3.05, 3.63) is 33.8 Å². The molecule has 0 fully saturated rings. The summed E-state index contributed by atoms with van der Waals surface area (Å²) in [6.07, 6.45) is 0. The maximum atomic E-state index is 9.56. The molecule has 3 nitrogen and oxygen atoms in total. The zero-order valence-electron chi connectivity index (χ0n) is 11.2. The largest absolute Gasteiger partial charge is 0.394 e. The van der Waals surface area contributed by atoms with Gasteiger partial charge in [0, 0.05) is 29.7 Å². The monoisotopic (exact) mass is 268 g/mol. The van der Waals surface area contributed by atoms with Crippen molar-refractivity contribution in [2.75, 3.05) is 13.2 Å². The second-order valence-electron chi connectivity index (χ2n) is 5.59. The van der Waals surface area contributed by atoms with Gasteiger partial charge in [0.25, 0.3) is 0 Å². The van der Waals surface area contributed by atoms with E-state index in [0.29, 0.717) is 6.54 Å². The standard InChI is InChI=1S/C14H21ClN2O/c1-9-11-7-17(14(2,3)8-18)13(6-16)10(11)4-5-12(9)15/h4-5,13,18H,6-8,16H2,1-3H3. The third-order valence-corrected chi connectivity index (χ3v) is 4.43. The summed E-state index contributed by atoms with van der Waals surface area (Å²) in [5.74, 6) is 0. The first-order valence-electron chi connectivity index (χ1n) is 6.28. The highest BCUT2D eigenvalue weighted by Gasteiger charge is 2.38. The van der Waals surface area contributed by atoms with Gasteiger partial charge in [0.05, 0.1) is 6.61 Å². The van der Waals surface area contributed by atoms with E-state index in [1.165, 1.54) is 11.1 Å². The lowest BCUT2D eigenvalue weighted by Crippen LogP contribution is -2.47. The fourth-order valence-corrected chi connectivity index (χ4v) is 2.88. The molecule has 1 heterocycles. The third-order valence-electron chi connectivity index (χ3n) is 4.02. The van der Waals surface area contributed by atoms with E-state index in [1.807, 2.05) is 26.8 Å². The SMILES string of the molecule is Cc1c(Cl)ccc2c1CN(C(C)(C)CO)C2CN. The summed E-state index contributed by atoms with van der Waals surface area (Å²) in [5.41, 5.74) is 9.29. The van der Waals surface area contributed by atoms with Crippen LogP contribution < -0.4 is 5.73 Å². The summed E-state index contributed by atoms with van der Waals surface area (Å²) in [7, 11) is 0. The molecule has 4 heteroatoms. The number of halogens is 1. The third kappa shape index (κ3) is 2.05. The van der Waals surface area contributed by atoms with E-state index in [1.54, 1.807) is 0 Å². The van der Waals surface area contributed by atoms with Crippen LogP contribution >= 0.6 is 11.6 Å². The average Bonchev–Trinajstić information content (AvgIpc) is 2.73. The maximum absolute atomic E-state index is 9.56. The Morgan fingerprint density at radius 2 is 2.17 bits per heavy atom. The molecule has 1 aliphatic rings. The van der Waals surface area contributed by atoms with Gasteiger partial charge in [-0.3, -0.25) is 4.90 Å². The lowest BCUT2D eigenvalue weighted by molar-refractivity contribution is 0.0292. The van der Waals surface area contributed by atoms with E-state index in [4.69, 9.17) is 17.3 Å². The Hall–Kier alpha value is -0.610. The van der Waals surface area contributed by atoms with Crippen molar-refractivity contribution >= 4 is 11.6 Å². The number of rotatable bonds is 3. The predicted molar refractivity (Wildman–Crippen MR) is 74.7 cm³/mol. The number of hydrogen-bond donors (Lipinski definition) is 2. The van der Waals surface area contributed by atoms with Gasteiger partial charge < -0.3 is 10.8 Å². The zero-order valence-corrected chi connectivity index (χ0v) is 12.0. The summed E-state index contributed by atoms with van der Waals surface area (Å²) in [4.78, 5) is 2.26. The van der Waals surface area contributed by atoms with E-state index >= 15 is 0 Å². The molecule has 0 aromatic heterocycles. The molecule has 1 unspecified atom stereocenters. The highest BCUT2D eigenvalue weighted by molar-refractivity contribution is 6.31. The zero-order chi connectivity index (χ0) is 13.5. The van der Waals surface area contributed by atoms with Crippen molar-refractivity contribution in [2.24, 2.45) is 5.73 Å². The van der Waals surface area contributed by atoms with Gasteiger partial charge in [0.2, 0.25) is 0 Å². The fourth-order valence-electron chi connectivity index (χ4n) is 2.70. The maximum Gasteiger partial charge on any atom is 0.0610 e. The topological polar surface area (TPSA) is 49.5 Å². The molecule has 0 aliphatic carbocycles. The molecule has 1 aliphatic heterocycles. The number of hydrogen-bond acceptors (Lipinski definition) is 3. The first kappa shape index (κ1) is 13.8. The molecule has 2 rings (SSSR count). The van der Waals surface area contributed by atoms with Gasteiger partial charge in [-0.05, 0) is 43.5 Å². The van der Waals surface area contributed by atoms with Crippen LogP contribution in [0.25, 0.3) is 0 Å². The van der Waals surface area contributed by atoms with E-state index in [-0.39, 0.29) is 18.2 Å². The van der Waals surface area contributed by atoms with Crippen LogP contribution in [0.4, 0.5) is 0 Å². The van der Waals surface area contributed by atoms with Crippen molar-refractivity contribution < 1.29 is 5.11 Å². The molecular formula is C14H21ClN2O. The lowest BCUT2D eigenvalue weighted by Gasteiger charge is -2.38. The van der Waals surface area contributed by atoms with Crippen molar-refractivity contribution in [2.45, 2.75) is 38.9 Å². The molecule has 0 saturated carbocycles. The Labute approximate surface area is 114 Å². The average molecular weight is 269 g/mol. The minimum absolute atomic E-state index is 0.115. The first-order valence-corrected chi connectivity index (χ1v) is 6.65. The smallest absolute Gasteiger partial charge is 0.0610 e. The Kier molecular flexibility index (Phi) is 3.70. The summed E-state index contributed by atoms with van der Waals surface area (Å²) in [6.45, 7) is 7.60. The molecule has 100 valence electrons. The summed E-state index contributed by atoms with van der Waals surface area (Å²) in [5, 5.41) is 10.4. The van der Waals surface area contributed by atoms with Gasteiger partial charge >= 0.3 is 0 Å². The van der Waals surface area contributed by atoms with Gasteiger partial charge in [0.1, 0.15) is 0 Å². The number of benzene rings is 1. The van der Waals surface area contributed by atoms with Crippen molar-refractivity contribution in [3.8, 4) is 0 Å². The summed E-state index contributed by atoms with van der Waals surface area (Å²) >= 11 is 6.18. The van der Waals surface area contributed by atoms with Crippen LogP contribution in [0.15, 0.2) is 12.1 Å². The van der Waals surface area contributed by atoms with Crippen LogP contribution in [-0.4, -0.2) is 28.7 Å². The molecule has 0 radical (unpaired) electrons. The molecule has 1 atom stereocenters. The van der Waals surface area contributed by atoms with Crippen molar-refractivity contribution in [1.29, 1.82) is 0 Å². The molecule has 0 saturated heterocycles. The minimum atomic E-state index is -0.276. The van der Waals surface area contributed by atoms with Gasteiger partial charge in [-0.25, -0.2) is 0 Å². The van der Waals surface area contributed by atoms with E-state index in [2.05, 4.69) is 11.0 Å². The van der Waals surface area contributed by atoms with Crippen LogP contribution in [0.5, 0.6) is 0 Å². The second-order valence-corrected chi connectivity index (χ2v) is 6.00. The van der Waals surface area contributed by atoms with Crippen molar-refractivity contribution in [3.63, 3.8) is 0 Å². The van der Waals surface area contributed by atoms with Crippen LogP contribution in [0.2, 0.25) is 5.02 Å². The molecule has 0 spiro atoms. The molecule has 18 heavy (non-hydrogen) atoms. The van der Waals surface area contributed by atoms with Gasteiger partial charge in [-0.15, -0.1) is 0 Å². The fraction of sp³-hybridized carbons (Fsp3) is 0.571. The number of aliphatic hydroxyl groups is 1. The Morgan fingerprint density at radius 1 is 1.50 bits per heavy atom. The molecule has 3 N–H and O–H groups in total. The second kappa shape index (κ2) is 4.82. The van der Waals surface area contributed by atoms with E-state index < -0.39 is 0 Å². The Morgan fingerprint density at radius 3 is 2.72 bits per heavy atom. The molecule has 0 bridgehead atoms. The van der Waals surface area contributed by atoms with Gasteiger partial charge in [-0.2, -0.15) is 0 Å². The quantitative estimate of drug-likeness (QED) is 0.884. The van der Waals surface area contributed by atoms with Crippen molar-refractivity contribution in [1.82, 2.24) is 4.90 Å². The minimum Gasteiger partial charge on any atom is -0.394 e. The number of nitrogens with zero attached hydrogens (tertiary/aromatic N) is 1. The summed E-state index contributed by atoms with van der Waals surface area (Å²) < 4.78 is 0. The van der Waals surface area contributed by atoms with Crippen LogP contribution in [0.1, 0.15) is 36.6 Å². The van der Waals surface area contributed by atoms with Crippen LogP contribution in [0.3, 0.4) is 0 Å². The van der Waals surface area contributed by atoms with E-state index in [0.717, 1.165) is 17.1 Å².